The number of carboxylic acids is 1. The Balaban J connectivity index is 1.33. The Kier molecular flexibility index (Phi) is 18.6. The Morgan fingerprint density at radius 2 is 1.21 bits per heavy atom. The lowest BCUT2D eigenvalue weighted by atomic mass is 9.99. The van der Waals surface area contributed by atoms with Crippen LogP contribution in [0.3, 0.4) is 0 Å². The van der Waals surface area contributed by atoms with Crippen molar-refractivity contribution in [3.05, 3.63) is 148 Å². The first kappa shape index (κ1) is 52.5. The van der Waals surface area contributed by atoms with E-state index in [1.54, 1.807) is 80.7 Å². The Hall–Kier alpha value is -7.86. The molecule has 2 aliphatic rings. The lowest BCUT2D eigenvalue weighted by molar-refractivity contribution is -0.142. The molecule has 7 rings (SSSR count). The lowest BCUT2D eigenvalue weighted by Crippen LogP contribution is -2.60. The Morgan fingerprint density at radius 1 is 0.648 bits per heavy atom. The summed E-state index contributed by atoms with van der Waals surface area (Å²) in [5.74, 6) is -5.81. The summed E-state index contributed by atoms with van der Waals surface area (Å²) in [5.41, 5.74) is 3.23. The third-order valence-corrected chi connectivity index (χ3v) is 12.1. The largest absolute Gasteiger partial charge is 0.480 e. The third-order valence-electron chi connectivity index (χ3n) is 11.3. The molecule has 8 N–H and O–H groups in total. The summed E-state index contributed by atoms with van der Waals surface area (Å²) in [6.07, 6.45) is -1.52. The molecule has 5 aromatic rings. The van der Waals surface area contributed by atoms with Gasteiger partial charge in [-0.2, -0.15) is 0 Å². The van der Waals surface area contributed by atoms with E-state index < -0.39 is 89.7 Å². The molecule has 18 heteroatoms. The highest BCUT2D eigenvalue weighted by molar-refractivity contribution is 7.09. The first-order valence-electron chi connectivity index (χ1n) is 23.3. The van der Waals surface area contributed by atoms with E-state index in [-0.39, 0.29) is 45.1 Å². The maximum Gasteiger partial charge on any atom is 0.407 e. The van der Waals surface area contributed by atoms with Crippen LogP contribution in [0.15, 0.2) is 127 Å². The number of alkyl carbamates (subject to hydrolysis) is 1. The van der Waals surface area contributed by atoms with Gasteiger partial charge in [0.25, 0.3) is 0 Å². The summed E-state index contributed by atoms with van der Waals surface area (Å²) in [4.78, 5) is 110. The molecule has 3 heterocycles. The van der Waals surface area contributed by atoms with Crippen LogP contribution in [0.2, 0.25) is 0 Å². The minimum absolute atomic E-state index is 0.0317. The van der Waals surface area contributed by atoms with Gasteiger partial charge in [-0.3, -0.25) is 28.8 Å². The smallest absolute Gasteiger partial charge is 0.407 e. The van der Waals surface area contributed by atoms with Crippen molar-refractivity contribution in [2.45, 2.75) is 102 Å². The number of aliphatic carboxylic acids is 1. The number of fused-ring (bicyclic) bond motifs is 18. The molecule has 7 amide bonds. The fourth-order valence-electron chi connectivity index (χ4n) is 7.68. The second-order valence-corrected chi connectivity index (χ2v) is 19.2. The highest BCUT2D eigenvalue weighted by Gasteiger charge is 2.34. The predicted molar refractivity (Wildman–Crippen MR) is 268 cm³/mol. The van der Waals surface area contributed by atoms with Crippen LogP contribution in [-0.2, 0) is 64.0 Å². The summed E-state index contributed by atoms with van der Waals surface area (Å²) in [6, 6.07) is 28.7. The van der Waals surface area contributed by atoms with Crippen molar-refractivity contribution >= 4 is 64.5 Å². The number of carbonyl (C=O) groups is 8. The van der Waals surface area contributed by atoms with E-state index in [4.69, 9.17) is 4.74 Å². The van der Waals surface area contributed by atoms with Crippen molar-refractivity contribution in [2.75, 3.05) is 11.9 Å². The van der Waals surface area contributed by atoms with Crippen LogP contribution in [-0.4, -0.2) is 95.0 Å². The highest BCUT2D eigenvalue weighted by atomic mass is 32.1. The summed E-state index contributed by atoms with van der Waals surface area (Å²) in [6.45, 7) is 5.22. The summed E-state index contributed by atoms with van der Waals surface area (Å²) in [5, 5.41) is 31.0. The summed E-state index contributed by atoms with van der Waals surface area (Å²) >= 11 is 1.32. The normalized spacial score (nSPS) is 19.4. The molecule has 0 saturated heterocycles. The van der Waals surface area contributed by atoms with Gasteiger partial charge in [0.2, 0.25) is 35.4 Å². The molecule has 2 aliphatic heterocycles. The van der Waals surface area contributed by atoms with E-state index in [1.165, 1.54) is 23.5 Å². The van der Waals surface area contributed by atoms with Gasteiger partial charge in [-0.1, -0.05) is 103 Å². The number of carbonyl (C=O) groups excluding carboxylic acids is 7. The van der Waals surface area contributed by atoms with Crippen molar-refractivity contribution in [3.63, 3.8) is 0 Å². The van der Waals surface area contributed by atoms with E-state index in [9.17, 15) is 43.5 Å². The van der Waals surface area contributed by atoms with Gasteiger partial charge < -0.3 is 47.1 Å². The second kappa shape index (κ2) is 25.1. The number of amides is 7. The van der Waals surface area contributed by atoms with E-state index in [0.29, 0.717) is 27.3 Å². The molecule has 5 unspecified atom stereocenters. The molecule has 17 nitrogen and oxygen atoms in total. The summed E-state index contributed by atoms with van der Waals surface area (Å²) in [7, 11) is 0. The second-order valence-electron chi connectivity index (χ2n) is 18.1. The maximum absolute atomic E-state index is 14.7. The number of benzene rings is 4. The number of anilines is 1. The predicted octanol–water partition coefficient (Wildman–Crippen LogP) is 4.84. The first-order valence-corrected chi connectivity index (χ1v) is 24.2. The lowest BCUT2D eigenvalue weighted by Gasteiger charge is -2.27. The highest BCUT2D eigenvalue weighted by Crippen LogP contribution is 2.21. The number of carboxylic acid groups (broad SMARTS) is 1. The van der Waals surface area contributed by atoms with Gasteiger partial charge in [-0.15, -0.1) is 11.3 Å². The van der Waals surface area contributed by atoms with Crippen LogP contribution in [0.25, 0.3) is 11.1 Å². The number of nitrogens with one attached hydrogen (secondary N) is 7. The molecular weight excluding hydrogens is 927 g/mol. The van der Waals surface area contributed by atoms with Crippen molar-refractivity contribution in [2.24, 2.45) is 0 Å². The van der Waals surface area contributed by atoms with Gasteiger partial charge in [0, 0.05) is 49.2 Å². The third kappa shape index (κ3) is 17.0. The van der Waals surface area contributed by atoms with Crippen LogP contribution in [0.1, 0.15) is 61.6 Å². The molecule has 2 bridgehead atoms. The molecule has 0 aliphatic carbocycles. The molecule has 0 saturated carbocycles. The van der Waals surface area contributed by atoms with Gasteiger partial charge in [-0.05, 0) is 78.6 Å². The monoisotopic (exact) mass is 985 g/mol. The molecule has 0 radical (unpaired) electrons. The van der Waals surface area contributed by atoms with E-state index in [0.717, 1.165) is 11.1 Å². The van der Waals surface area contributed by atoms with Gasteiger partial charge in [0.1, 0.15) is 35.8 Å². The number of ether oxygens (including phenoxy) is 1. The number of thiophene rings is 1. The fourth-order valence-corrected chi connectivity index (χ4v) is 8.44. The van der Waals surface area contributed by atoms with Gasteiger partial charge in [0.05, 0.1) is 6.42 Å². The number of rotatable bonds is 13. The van der Waals surface area contributed by atoms with E-state index in [2.05, 4.69) is 37.2 Å². The van der Waals surface area contributed by atoms with Crippen LogP contribution in [0, 0.1) is 0 Å². The molecule has 4 aromatic carbocycles. The standard InChI is InChI=1S/C53H59N7O10S/c1-53(2,3)70-52(69)54-26-10-17-45(61)56-43-32-46(62)55-38-24-20-35(21-25-38)30-44(51(67)68)60-48(64)40(28-33-12-6-4-7-13-33)57-47(63)41(29-34-18-22-37(23-19-34)36-14-8-5-9-15-36)58-49(65)42(59-50(43)66)31-39-16-11-27-71-39/h4-9,11-16,18-25,27,40-44H,10,17,26,28-32H2,1-3H3,(H,54,69)(H,55,62)(H,56,61)(H,57,63)(H,58,65)(H,59,66)(H,60,64)(H,67,68). The SMILES string of the molecule is CC(C)(C)OC(=O)NCCCC(=O)NC1CC(=O)Nc2ccc(cc2)CC(C(=O)O)NC(=O)C(Cc2ccccc2)NC(=O)C(Cc2ccc(-c3ccccc3)cc2)NC(=O)C(Cc2cccs2)NC1=O. The van der Waals surface area contributed by atoms with Crippen LogP contribution >= 0.6 is 11.3 Å². The first-order chi connectivity index (χ1) is 34.0. The average molecular weight is 986 g/mol. The fraction of sp³-hybridized carbons (Fsp3) is 0.321. The van der Waals surface area contributed by atoms with Crippen molar-refractivity contribution in [3.8, 4) is 11.1 Å². The van der Waals surface area contributed by atoms with Gasteiger partial charge in [0.15, 0.2) is 0 Å². The Morgan fingerprint density at radius 3 is 1.80 bits per heavy atom. The molecular formula is C53H59N7O10S. The maximum atomic E-state index is 14.7. The van der Waals surface area contributed by atoms with Crippen molar-refractivity contribution in [1.82, 2.24) is 31.9 Å². The molecule has 0 spiro atoms. The zero-order valence-corrected chi connectivity index (χ0v) is 40.5. The minimum Gasteiger partial charge on any atom is -0.480 e. The average Bonchev–Trinajstić information content (AvgIpc) is 3.85. The topological polar surface area (TPSA) is 250 Å². The number of hydrogen-bond acceptors (Lipinski definition) is 10. The number of hydrogen-bond donors (Lipinski definition) is 8. The molecule has 71 heavy (non-hydrogen) atoms. The van der Waals surface area contributed by atoms with Crippen LogP contribution in [0.5, 0.6) is 0 Å². The van der Waals surface area contributed by atoms with Gasteiger partial charge >= 0.3 is 12.1 Å². The molecule has 5 atom stereocenters. The van der Waals surface area contributed by atoms with Crippen LogP contribution < -0.4 is 37.2 Å². The quantitative estimate of drug-likeness (QED) is 0.0589. The molecule has 372 valence electrons. The zero-order chi connectivity index (χ0) is 50.9. The molecule has 0 fully saturated rings. The Bertz CT molecular complexity index is 2620. The van der Waals surface area contributed by atoms with E-state index in [1.807, 2.05) is 54.6 Å². The summed E-state index contributed by atoms with van der Waals surface area (Å²) < 4.78 is 5.25. The van der Waals surface area contributed by atoms with Crippen LogP contribution in [0.4, 0.5) is 10.5 Å². The van der Waals surface area contributed by atoms with Crippen molar-refractivity contribution < 1.29 is 48.2 Å². The minimum atomic E-state index is -1.50. The van der Waals surface area contributed by atoms with Crippen molar-refractivity contribution in [1.29, 1.82) is 0 Å². The van der Waals surface area contributed by atoms with E-state index >= 15 is 0 Å². The van der Waals surface area contributed by atoms with Gasteiger partial charge in [-0.25, -0.2) is 9.59 Å². The Labute approximate surface area is 415 Å². The zero-order valence-electron chi connectivity index (χ0n) is 39.7. The molecule has 1 aromatic heterocycles.